The second-order valence-corrected chi connectivity index (χ2v) is 5.01. The van der Waals surface area contributed by atoms with Crippen LogP contribution in [0.4, 0.5) is 0 Å². The van der Waals surface area contributed by atoms with Crippen LogP contribution < -0.4 is 5.84 Å². The summed E-state index contributed by atoms with van der Waals surface area (Å²) >= 11 is 0. The van der Waals surface area contributed by atoms with Gasteiger partial charge < -0.3 is 5.01 Å². The zero-order valence-corrected chi connectivity index (χ0v) is 9.75. The minimum atomic E-state index is 0.166. The number of allylic oxidation sites excluding steroid dienone is 3. The lowest BCUT2D eigenvalue weighted by Crippen LogP contribution is -2.29. The lowest BCUT2D eigenvalue weighted by molar-refractivity contribution is 0.369. The zero-order chi connectivity index (χ0) is 10.8. The molecule has 0 amide bonds. The van der Waals surface area contributed by atoms with Crippen LogP contribution in [0.2, 0.25) is 0 Å². The molecule has 1 aliphatic rings. The van der Waals surface area contributed by atoms with E-state index in [1.807, 2.05) is 11.9 Å². The minimum Gasteiger partial charge on any atom is -0.315 e. The summed E-state index contributed by atoms with van der Waals surface area (Å²) in [6, 6.07) is 0.581. The molecule has 0 heterocycles. The molecule has 2 heteroatoms. The van der Waals surface area contributed by atoms with Gasteiger partial charge in [-0.05, 0) is 30.8 Å². The second kappa shape index (κ2) is 4.18. The summed E-state index contributed by atoms with van der Waals surface area (Å²) in [5.41, 5.74) is 1.45. The maximum atomic E-state index is 5.93. The highest BCUT2D eigenvalue weighted by Gasteiger charge is 2.26. The molecule has 0 aliphatic heterocycles. The molecule has 0 unspecified atom stereocenters. The van der Waals surface area contributed by atoms with Crippen LogP contribution in [0, 0.1) is 5.41 Å². The molecule has 0 aromatic carbocycles. The van der Waals surface area contributed by atoms with Gasteiger partial charge in [-0.1, -0.05) is 32.9 Å². The highest BCUT2D eigenvalue weighted by molar-refractivity contribution is 5.24. The number of nitrogens with two attached hydrogens (primary N) is 1. The van der Waals surface area contributed by atoms with E-state index in [2.05, 4.69) is 39.1 Å². The lowest BCUT2D eigenvalue weighted by atomic mass is 9.87. The van der Waals surface area contributed by atoms with Crippen molar-refractivity contribution in [3.8, 4) is 0 Å². The quantitative estimate of drug-likeness (QED) is 0.425. The van der Waals surface area contributed by atoms with Gasteiger partial charge in [-0.3, -0.25) is 0 Å². The summed E-state index contributed by atoms with van der Waals surface area (Å²) in [6.45, 7) is 8.66. The van der Waals surface area contributed by atoms with Gasteiger partial charge in [0.25, 0.3) is 0 Å². The van der Waals surface area contributed by atoms with E-state index < -0.39 is 0 Å². The molecular weight excluding hydrogens is 172 g/mol. The van der Waals surface area contributed by atoms with Crippen LogP contribution in [0.15, 0.2) is 23.9 Å². The average Bonchev–Trinajstić information content (AvgIpc) is 2.83. The predicted molar refractivity (Wildman–Crippen MR) is 61.4 cm³/mol. The Bertz CT molecular complexity index is 242. The number of hydrogen-bond donors (Lipinski definition) is 1. The second-order valence-electron chi connectivity index (χ2n) is 5.01. The molecule has 0 bridgehead atoms. The molecule has 1 fully saturated rings. The highest BCUT2D eigenvalue weighted by atomic mass is 15.4. The van der Waals surface area contributed by atoms with Crippen molar-refractivity contribution in [1.82, 2.24) is 5.01 Å². The Hall–Kier alpha value is -0.760. The van der Waals surface area contributed by atoms with Gasteiger partial charge in [0.15, 0.2) is 0 Å². The van der Waals surface area contributed by atoms with Crippen molar-refractivity contribution in [3.63, 3.8) is 0 Å². The molecule has 2 nitrogen and oxygen atoms in total. The minimum absolute atomic E-state index is 0.166. The maximum absolute atomic E-state index is 5.93. The van der Waals surface area contributed by atoms with E-state index in [9.17, 15) is 0 Å². The summed E-state index contributed by atoms with van der Waals surface area (Å²) < 4.78 is 0. The van der Waals surface area contributed by atoms with Crippen molar-refractivity contribution in [2.45, 2.75) is 46.6 Å². The van der Waals surface area contributed by atoms with Gasteiger partial charge in [-0.2, -0.15) is 0 Å². The van der Waals surface area contributed by atoms with Gasteiger partial charge in [-0.15, -0.1) is 0 Å². The fourth-order valence-electron chi connectivity index (χ4n) is 1.30. The predicted octanol–water partition coefficient (Wildman–Crippen LogP) is 2.83. The fourth-order valence-corrected chi connectivity index (χ4v) is 1.30. The topological polar surface area (TPSA) is 29.3 Å². The first-order valence-corrected chi connectivity index (χ1v) is 5.33. The van der Waals surface area contributed by atoms with Crippen molar-refractivity contribution in [1.29, 1.82) is 0 Å². The van der Waals surface area contributed by atoms with Gasteiger partial charge in [-0.25, -0.2) is 5.84 Å². The number of hydrazine groups is 1. The standard InChI is InChI=1S/C12H22N2/c1-5-6-10(12(2,3)4)9-14(13)11-7-8-11/h5-6,9,11H,7-8,13H2,1-4H3/b6-5-,10-9+. The van der Waals surface area contributed by atoms with Crippen LogP contribution in [0.5, 0.6) is 0 Å². The van der Waals surface area contributed by atoms with E-state index in [-0.39, 0.29) is 5.41 Å². The van der Waals surface area contributed by atoms with Crippen molar-refractivity contribution in [2.75, 3.05) is 0 Å². The average molecular weight is 194 g/mol. The summed E-state index contributed by atoms with van der Waals surface area (Å²) in [5, 5.41) is 1.86. The molecule has 0 atom stereocenters. The van der Waals surface area contributed by atoms with Gasteiger partial charge in [0.1, 0.15) is 0 Å². The Morgan fingerprint density at radius 3 is 2.29 bits per heavy atom. The van der Waals surface area contributed by atoms with Gasteiger partial charge in [0, 0.05) is 12.2 Å². The van der Waals surface area contributed by atoms with Crippen molar-refractivity contribution in [3.05, 3.63) is 23.9 Å². The Morgan fingerprint density at radius 1 is 1.36 bits per heavy atom. The van der Waals surface area contributed by atoms with Crippen LogP contribution in [-0.2, 0) is 0 Å². The van der Waals surface area contributed by atoms with Crippen LogP contribution in [0.1, 0.15) is 40.5 Å². The first-order valence-electron chi connectivity index (χ1n) is 5.33. The monoisotopic (exact) mass is 194 g/mol. The van der Waals surface area contributed by atoms with Crippen LogP contribution in [0.25, 0.3) is 0 Å². The highest BCUT2D eigenvalue weighted by Crippen LogP contribution is 2.30. The molecule has 1 aliphatic carbocycles. The zero-order valence-electron chi connectivity index (χ0n) is 9.75. The molecule has 1 saturated carbocycles. The van der Waals surface area contributed by atoms with E-state index >= 15 is 0 Å². The van der Waals surface area contributed by atoms with E-state index in [4.69, 9.17) is 5.84 Å². The number of rotatable bonds is 3. The Balaban J connectivity index is 2.74. The third kappa shape index (κ3) is 3.18. The maximum Gasteiger partial charge on any atom is 0.0447 e. The summed E-state index contributed by atoms with van der Waals surface area (Å²) in [7, 11) is 0. The number of hydrogen-bond acceptors (Lipinski definition) is 2. The van der Waals surface area contributed by atoms with Crippen molar-refractivity contribution in [2.24, 2.45) is 11.3 Å². The largest absolute Gasteiger partial charge is 0.315 e. The summed E-state index contributed by atoms with van der Waals surface area (Å²) in [5.74, 6) is 5.93. The van der Waals surface area contributed by atoms with E-state index in [1.165, 1.54) is 18.4 Å². The normalized spacial score (nSPS) is 19.1. The molecule has 0 radical (unpaired) electrons. The molecule has 0 aromatic rings. The summed E-state index contributed by atoms with van der Waals surface area (Å²) in [6.07, 6.45) is 8.76. The Kier molecular flexibility index (Phi) is 3.38. The third-order valence-corrected chi connectivity index (χ3v) is 2.47. The summed E-state index contributed by atoms with van der Waals surface area (Å²) in [4.78, 5) is 0. The van der Waals surface area contributed by atoms with Gasteiger partial charge in [0.2, 0.25) is 0 Å². The SMILES string of the molecule is C/C=C\C(=C/N(N)C1CC1)C(C)(C)C. The smallest absolute Gasteiger partial charge is 0.0447 e. The van der Waals surface area contributed by atoms with Crippen molar-refractivity contribution >= 4 is 0 Å². The molecule has 2 N–H and O–H groups in total. The third-order valence-electron chi connectivity index (χ3n) is 2.47. The molecule has 0 spiro atoms. The number of nitrogens with zero attached hydrogens (tertiary/aromatic N) is 1. The molecule has 80 valence electrons. The Labute approximate surface area is 87.4 Å². The molecule has 14 heavy (non-hydrogen) atoms. The first-order chi connectivity index (χ1) is 6.45. The van der Waals surface area contributed by atoms with Crippen LogP contribution in [0.3, 0.4) is 0 Å². The van der Waals surface area contributed by atoms with E-state index in [0.29, 0.717) is 6.04 Å². The van der Waals surface area contributed by atoms with E-state index in [0.717, 1.165) is 0 Å². The first kappa shape index (κ1) is 11.3. The van der Waals surface area contributed by atoms with Crippen LogP contribution in [-0.4, -0.2) is 11.1 Å². The molecular formula is C12H22N2. The Morgan fingerprint density at radius 2 is 1.93 bits per heavy atom. The van der Waals surface area contributed by atoms with Crippen molar-refractivity contribution < 1.29 is 0 Å². The van der Waals surface area contributed by atoms with Gasteiger partial charge in [0.05, 0.1) is 0 Å². The molecule has 1 rings (SSSR count). The molecule has 0 aromatic heterocycles. The van der Waals surface area contributed by atoms with Crippen LogP contribution >= 0.6 is 0 Å². The lowest BCUT2D eigenvalue weighted by Gasteiger charge is -2.23. The van der Waals surface area contributed by atoms with E-state index in [1.54, 1.807) is 0 Å². The molecule has 0 saturated heterocycles. The van der Waals surface area contributed by atoms with Gasteiger partial charge >= 0.3 is 0 Å². The fraction of sp³-hybridized carbons (Fsp3) is 0.667.